The Labute approximate surface area is 250 Å². The van der Waals surface area contributed by atoms with E-state index in [1.807, 2.05) is 78.9 Å². The Balaban J connectivity index is 1.63. The molecule has 9 heteroatoms. The van der Waals surface area contributed by atoms with Gasteiger partial charge in [-0.3, -0.25) is 14.3 Å². The Kier molecular flexibility index (Phi) is 8.96. The number of methoxy groups -OCH3 is 2. The Bertz CT molecular complexity index is 1600. The normalized spacial score (nSPS) is 19.1. The molecule has 0 spiro atoms. The number of aliphatic hydroxyl groups is 1. The zero-order chi connectivity index (χ0) is 30.6. The fraction of sp³-hybridized carbons (Fsp3) is 0.294. The Hall–Kier alpha value is -4.44. The van der Waals surface area contributed by atoms with Gasteiger partial charge in [-0.25, -0.2) is 4.79 Å². The minimum Gasteiger partial charge on any atom is -0.497 e. The molecule has 2 heterocycles. The summed E-state index contributed by atoms with van der Waals surface area (Å²) in [5.74, 6) is 1.39. The maximum atomic E-state index is 12.7. The van der Waals surface area contributed by atoms with Gasteiger partial charge in [-0.1, -0.05) is 60.7 Å². The van der Waals surface area contributed by atoms with E-state index in [1.165, 1.54) is 10.8 Å². The van der Waals surface area contributed by atoms with E-state index in [4.69, 9.17) is 18.9 Å². The molecule has 4 atom stereocenters. The van der Waals surface area contributed by atoms with E-state index in [0.717, 1.165) is 16.7 Å². The maximum Gasteiger partial charge on any atom is 0.330 e. The van der Waals surface area contributed by atoms with E-state index in [-0.39, 0.29) is 6.42 Å². The van der Waals surface area contributed by atoms with Crippen LogP contribution < -0.4 is 20.7 Å². The number of nitrogens with one attached hydrogen (secondary N) is 1. The summed E-state index contributed by atoms with van der Waals surface area (Å²) in [5, 5.41) is 11.3. The number of aromatic amines is 1. The van der Waals surface area contributed by atoms with Gasteiger partial charge in [0.25, 0.3) is 5.56 Å². The maximum absolute atomic E-state index is 12.7. The number of hydrogen-bond donors (Lipinski definition) is 2. The first-order valence-corrected chi connectivity index (χ1v) is 14.1. The van der Waals surface area contributed by atoms with Crippen molar-refractivity contribution in [2.24, 2.45) is 0 Å². The van der Waals surface area contributed by atoms with Crippen molar-refractivity contribution in [3.8, 4) is 11.5 Å². The molecule has 0 amide bonds. The lowest BCUT2D eigenvalue weighted by Crippen LogP contribution is -2.44. The number of H-pyrrole nitrogens is 1. The van der Waals surface area contributed by atoms with Crippen LogP contribution in [0.15, 0.2) is 107 Å². The minimum absolute atomic E-state index is 0.135. The van der Waals surface area contributed by atoms with Crippen LogP contribution in [-0.4, -0.2) is 47.2 Å². The van der Waals surface area contributed by atoms with E-state index >= 15 is 0 Å². The van der Waals surface area contributed by atoms with Gasteiger partial charge in [-0.05, 0) is 54.3 Å². The van der Waals surface area contributed by atoms with Gasteiger partial charge in [0.1, 0.15) is 29.4 Å². The van der Waals surface area contributed by atoms with Gasteiger partial charge in [-0.2, -0.15) is 0 Å². The summed E-state index contributed by atoms with van der Waals surface area (Å²) < 4.78 is 25.8. The molecule has 1 fully saturated rings. The lowest BCUT2D eigenvalue weighted by atomic mass is 9.79. The van der Waals surface area contributed by atoms with Crippen molar-refractivity contribution in [2.75, 3.05) is 14.2 Å². The van der Waals surface area contributed by atoms with Crippen molar-refractivity contribution >= 4 is 0 Å². The molecule has 4 aromatic rings. The second-order valence-corrected chi connectivity index (χ2v) is 10.5. The third-order valence-electron chi connectivity index (χ3n) is 7.86. The van der Waals surface area contributed by atoms with Crippen molar-refractivity contribution < 1.29 is 24.1 Å². The molecule has 0 unspecified atom stereocenters. The molecule has 9 nitrogen and oxygen atoms in total. The second-order valence-electron chi connectivity index (χ2n) is 10.5. The van der Waals surface area contributed by atoms with Crippen LogP contribution in [0.25, 0.3) is 0 Å². The first-order chi connectivity index (χ1) is 20.8. The van der Waals surface area contributed by atoms with Gasteiger partial charge in [0, 0.05) is 18.2 Å². The number of ether oxygens (including phenoxy) is 4. The Morgan fingerprint density at radius 2 is 1.53 bits per heavy atom. The fourth-order valence-corrected chi connectivity index (χ4v) is 5.65. The molecule has 0 radical (unpaired) electrons. The highest BCUT2D eigenvalue weighted by molar-refractivity contribution is 5.50. The summed E-state index contributed by atoms with van der Waals surface area (Å²) in [5.41, 5.74) is 0.657. The Morgan fingerprint density at radius 3 is 2.07 bits per heavy atom. The third-order valence-corrected chi connectivity index (χ3v) is 7.86. The molecule has 1 aliphatic heterocycles. The van der Waals surface area contributed by atoms with Gasteiger partial charge >= 0.3 is 5.69 Å². The van der Waals surface area contributed by atoms with Crippen molar-refractivity contribution in [1.29, 1.82) is 0 Å². The SMILES string of the molecule is C=CC[C@H](OC(c1ccccc1)(c1ccc(OC)cc1)c1ccc(OC)cc1)[C@H]1O[C@@H](n2cc(C)c(=O)[nH]c2=O)C[C@@H]1O. The van der Waals surface area contributed by atoms with Gasteiger partial charge in [-0.15, -0.1) is 6.58 Å². The molecule has 1 aromatic heterocycles. The number of aliphatic hydroxyl groups excluding tert-OH is 1. The summed E-state index contributed by atoms with van der Waals surface area (Å²) in [6.45, 7) is 5.57. The van der Waals surface area contributed by atoms with Crippen LogP contribution >= 0.6 is 0 Å². The van der Waals surface area contributed by atoms with E-state index in [9.17, 15) is 14.7 Å². The Morgan fingerprint density at radius 1 is 0.977 bits per heavy atom. The van der Waals surface area contributed by atoms with Crippen LogP contribution in [0, 0.1) is 6.92 Å². The highest BCUT2D eigenvalue weighted by Crippen LogP contribution is 2.45. The number of aryl methyl sites for hydroxylation is 1. The summed E-state index contributed by atoms with van der Waals surface area (Å²) in [7, 11) is 3.23. The van der Waals surface area contributed by atoms with Gasteiger partial charge in [0.05, 0.1) is 26.4 Å². The molecule has 0 aliphatic carbocycles. The molecule has 224 valence electrons. The van der Waals surface area contributed by atoms with Gasteiger partial charge < -0.3 is 24.1 Å². The first-order valence-electron chi connectivity index (χ1n) is 14.1. The summed E-state index contributed by atoms with van der Waals surface area (Å²) in [4.78, 5) is 26.9. The largest absolute Gasteiger partial charge is 0.497 e. The van der Waals surface area contributed by atoms with Crippen LogP contribution in [0.5, 0.6) is 11.5 Å². The van der Waals surface area contributed by atoms with Crippen LogP contribution in [0.1, 0.15) is 41.3 Å². The van der Waals surface area contributed by atoms with Gasteiger partial charge in [0.15, 0.2) is 0 Å². The van der Waals surface area contributed by atoms with Crippen molar-refractivity contribution in [1.82, 2.24) is 9.55 Å². The lowest BCUT2D eigenvalue weighted by Gasteiger charge is -2.40. The highest BCUT2D eigenvalue weighted by atomic mass is 16.6. The molecule has 1 saturated heterocycles. The number of hydrogen-bond acceptors (Lipinski definition) is 7. The molecular formula is C34H36N2O7. The van der Waals surface area contributed by atoms with E-state index < -0.39 is 41.4 Å². The smallest absolute Gasteiger partial charge is 0.330 e. The molecule has 0 saturated carbocycles. The van der Waals surface area contributed by atoms with Crippen molar-refractivity contribution in [3.05, 3.63) is 141 Å². The topological polar surface area (TPSA) is 112 Å². The average molecular weight is 585 g/mol. The number of rotatable bonds is 11. The van der Waals surface area contributed by atoms with Crippen molar-refractivity contribution in [3.63, 3.8) is 0 Å². The average Bonchev–Trinajstić information content (AvgIpc) is 3.42. The molecule has 5 rings (SSSR count). The third kappa shape index (κ3) is 5.92. The van der Waals surface area contributed by atoms with E-state index in [1.54, 1.807) is 27.2 Å². The van der Waals surface area contributed by atoms with Crippen molar-refractivity contribution in [2.45, 2.75) is 49.9 Å². The zero-order valence-corrected chi connectivity index (χ0v) is 24.4. The van der Waals surface area contributed by atoms with Crippen LogP contribution in [0.2, 0.25) is 0 Å². The number of aromatic nitrogens is 2. The van der Waals surface area contributed by atoms with Crippen LogP contribution in [0.4, 0.5) is 0 Å². The van der Waals surface area contributed by atoms with Crippen LogP contribution in [-0.2, 0) is 15.1 Å². The highest BCUT2D eigenvalue weighted by Gasteiger charge is 2.46. The fourth-order valence-electron chi connectivity index (χ4n) is 5.65. The predicted molar refractivity (Wildman–Crippen MR) is 163 cm³/mol. The number of benzene rings is 3. The molecule has 43 heavy (non-hydrogen) atoms. The second kappa shape index (κ2) is 12.8. The monoisotopic (exact) mass is 584 g/mol. The summed E-state index contributed by atoms with van der Waals surface area (Å²) in [6.07, 6.45) is 0.380. The quantitative estimate of drug-likeness (QED) is 0.198. The molecular weight excluding hydrogens is 548 g/mol. The lowest BCUT2D eigenvalue weighted by molar-refractivity contribution is -0.143. The molecule has 2 N–H and O–H groups in total. The van der Waals surface area contributed by atoms with Crippen LogP contribution in [0.3, 0.4) is 0 Å². The van der Waals surface area contributed by atoms with Gasteiger partial charge in [0.2, 0.25) is 0 Å². The molecule has 3 aromatic carbocycles. The number of nitrogens with zero attached hydrogens (tertiary/aromatic N) is 1. The molecule has 0 bridgehead atoms. The van der Waals surface area contributed by atoms with E-state index in [0.29, 0.717) is 23.5 Å². The summed E-state index contributed by atoms with van der Waals surface area (Å²) in [6, 6.07) is 25.2. The summed E-state index contributed by atoms with van der Waals surface area (Å²) >= 11 is 0. The first kappa shape index (κ1) is 30.0. The molecule has 1 aliphatic rings. The zero-order valence-electron chi connectivity index (χ0n) is 24.4. The van der Waals surface area contributed by atoms with E-state index in [2.05, 4.69) is 11.6 Å². The minimum atomic E-state index is -1.15. The standard InChI is InChI=1S/C34H36N2O7/c1-5-9-29(31-28(37)20-30(42-31)36-21-22(2)32(38)35-33(36)39)43-34(23-10-7-6-8-11-23,24-12-16-26(40-3)17-13-24)25-14-18-27(41-4)19-15-25/h5-8,10-19,21,28-31,37H,1,9,20H2,2-4H3,(H,35,38,39)/t28-,29-,30+,31-/m0/s1. The predicted octanol–water partition coefficient (Wildman–Crippen LogP) is 4.46.